The molecule has 0 amide bonds. The number of aromatic nitrogens is 4. The molecule has 0 aliphatic carbocycles. The van der Waals surface area contributed by atoms with Crippen molar-refractivity contribution < 1.29 is 0 Å². The maximum Gasteiger partial charge on any atom is 0.110 e. The third-order valence-corrected chi connectivity index (χ3v) is 3.33. The Hall–Kier alpha value is -1.62. The Morgan fingerprint density at radius 1 is 1.47 bits per heavy atom. The number of hydrogen-bond donors (Lipinski definition) is 2. The summed E-state index contributed by atoms with van der Waals surface area (Å²) in [5.41, 5.74) is 2.33. The van der Waals surface area contributed by atoms with E-state index in [1.54, 1.807) is 6.33 Å². The van der Waals surface area contributed by atoms with Gasteiger partial charge in [0.1, 0.15) is 5.82 Å². The van der Waals surface area contributed by atoms with Crippen LogP contribution in [0.3, 0.4) is 0 Å². The van der Waals surface area contributed by atoms with Crippen LogP contribution in [-0.2, 0) is 6.54 Å². The highest BCUT2D eigenvalue weighted by molar-refractivity contribution is 5.07. The number of imidazole rings is 2. The van der Waals surface area contributed by atoms with E-state index >= 15 is 0 Å². The first-order valence-electron chi connectivity index (χ1n) is 6.02. The lowest BCUT2D eigenvalue weighted by Gasteiger charge is -2.13. The minimum Gasteiger partial charge on any atom is -0.347 e. The third-order valence-electron chi connectivity index (χ3n) is 3.33. The van der Waals surface area contributed by atoms with E-state index in [4.69, 9.17) is 0 Å². The number of nitrogens with zero attached hydrogens (tertiary/aromatic N) is 3. The van der Waals surface area contributed by atoms with Gasteiger partial charge in [0.05, 0.1) is 6.33 Å². The van der Waals surface area contributed by atoms with Crippen LogP contribution in [0.4, 0.5) is 0 Å². The molecule has 5 heteroatoms. The molecule has 1 atom stereocenters. The quantitative estimate of drug-likeness (QED) is 0.840. The van der Waals surface area contributed by atoms with Gasteiger partial charge >= 0.3 is 0 Å². The minimum absolute atomic E-state index is 0.548. The van der Waals surface area contributed by atoms with E-state index in [1.807, 2.05) is 19.3 Å². The Balaban J connectivity index is 1.62. The standard InChI is InChI=1S/C12H17N5/c1-9-4-14-12(16-9)10-2-3-17(6-10)7-11-5-13-8-15-11/h4-5,8,10H,2-3,6-7H2,1H3,(H,13,15)(H,14,16)/t10-/m0/s1. The maximum atomic E-state index is 4.43. The van der Waals surface area contributed by atoms with Crippen LogP contribution in [0.15, 0.2) is 18.7 Å². The van der Waals surface area contributed by atoms with Crippen LogP contribution in [0.1, 0.15) is 29.6 Å². The molecule has 3 heterocycles. The molecule has 0 bridgehead atoms. The molecule has 0 aromatic carbocycles. The van der Waals surface area contributed by atoms with Crippen molar-refractivity contribution in [3.8, 4) is 0 Å². The second-order valence-electron chi connectivity index (χ2n) is 4.75. The van der Waals surface area contributed by atoms with E-state index < -0.39 is 0 Å². The van der Waals surface area contributed by atoms with E-state index in [0.717, 1.165) is 31.2 Å². The molecule has 0 spiro atoms. The van der Waals surface area contributed by atoms with E-state index in [-0.39, 0.29) is 0 Å². The Morgan fingerprint density at radius 2 is 2.41 bits per heavy atom. The molecule has 1 aliphatic rings. The lowest BCUT2D eigenvalue weighted by atomic mass is 10.1. The molecule has 2 aromatic rings. The van der Waals surface area contributed by atoms with Gasteiger partial charge in [-0.05, 0) is 19.9 Å². The van der Waals surface area contributed by atoms with Gasteiger partial charge in [0.25, 0.3) is 0 Å². The Bertz CT molecular complexity index is 473. The Labute approximate surface area is 100 Å². The minimum atomic E-state index is 0.548. The summed E-state index contributed by atoms with van der Waals surface area (Å²) in [6.45, 7) is 5.21. The summed E-state index contributed by atoms with van der Waals surface area (Å²) in [7, 11) is 0. The van der Waals surface area contributed by atoms with Crippen molar-refractivity contribution >= 4 is 0 Å². The predicted molar refractivity (Wildman–Crippen MR) is 64.5 cm³/mol. The highest BCUT2D eigenvalue weighted by atomic mass is 15.2. The van der Waals surface area contributed by atoms with Gasteiger partial charge in [-0.25, -0.2) is 9.97 Å². The van der Waals surface area contributed by atoms with Crippen molar-refractivity contribution in [2.75, 3.05) is 13.1 Å². The molecule has 1 fully saturated rings. The molecule has 1 saturated heterocycles. The van der Waals surface area contributed by atoms with E-state index in [1.165, 1.54) is 12.1 Å². The highest BCUT2D eigenvalue weighted by Crippen LogP contribution is 2.25. The van der Waals surface area contributed by atoms with Crippen molar-refractivity contribution in [2.24, 2.45) is 0 Å². The fourth-order valence-corrected chi connectivity index (χ4v) is 2.45. The van der Waals surface area contributed by atoms with Gasteiger partial charge in [-0.1, -0.05) is 0 Å². The van der Waals surface area contributed by atoms with Gasteiger partial charge < -0.3 is 9.97 Å². The normalized spacial score (nSPS) is 21.1. The van der Waals surface area contributed by atoms with E-state index in [0.29, 0.717) is 5.92 Å². The first-order chi connectivity index (χ1) is 8.31. The van der Waals surface area contributed by atoms with E-state index in [2.05, 4.69) is 24.8 Å². The fourth-order valence-electron chi connectivity index (χ4n) is 2.45. The summed E-state index contributed by atoms with van der Waals surface area (Å²) in [6, 6.07) is 0. The zero-order valence-corrected chi connectivity index (χ0v) is 9.98. The maximum absolute atomic E-state index is 4.43. The van der Waals surface area contributed by atoms with Crippen LogP contribution in [-0.4, -0.2) is 37.9 Å². The van der Waals surface area contributed by atoms with Crippen molar-refractivity contribution in [2.45, 2.75) is 25.8 Å². The smallest absolute Gasteiger partial charge is 0.110 e. The number of aromatic amines is 2. The van der Waals surface area contributed by atoms with Crippen LogP contribution in [0, 0.1) is 6.92 Å². The van der Waals surface area contributed by atoms with Crippen LogP contribution >= 0.6 is 0 Å². The molecular weight excluding hydrogens is 214 g/mol. The van der Waals surface area contributed by atoms with Crippen molar-refractivity contribution in [1.82, 2.24) is 24.8 Å². The molecule has 5 nitrogen and oxygen atoms in total. The molecule has 2 aromatic heterocycles. The average Bonchev–Trinajstić information content (AvgIpc) is 2.99. The number of nitrogens with one attached hydrogen (secondary N) is 2. The number of H-pyrrole nitrogens is 2. The molecule has 1 aliphatic heterocycles. The summed E-state index contributed by atoms with van der Waals surface area (Å²) in [6.07, 6.45) is 6.72. The topological polar surface area (TPSA) is 60.6 Å². The molecule has 0 radical (unpaired) electrons. The summed E-state index contributed by atoms with van der Waals surface area (Å²) in [5.74, 6) is 1.68. The van der Waals surface area contributed by atoms with Gasteiger partial charge in [-0.3, -0.25) is 4.90 Å². The number of likely N-dealkylation sites (tertiary alicyclic amines) is 1. The second-order valence-corrected chi connectivity index (χ2v) is 4.75. The lowest BCUT2D eigenvalue weighted by Crippen LogP contribution is -2.20. The fraction of sp³-hybridized carbons (Fsp3) is 0.500. The van der Waals surface area contributed by atoms with Crippen LogP contribution in [0.2, 0.25) is 0 Å². The van der Waals surface area contributed by atoms with Crippen LogP contribution in [0.25, 0.3) is 0 Å². The number of rotatable bonds is 3. The summed E-state index contributed by atoms with van der Waals surface area (Å²) in [4.78, 5) is 17.4. The highest BCUT2D eigenvalue weighted by Gasteiger charge is 2.25. The van der Waals surface area contributed by atoms with Gasteiger partial charge in [-0.15, -0.1) is 0 Å². The monoisotopic (exact) mass is 231 g/mol. The molecule has 17 heavy (non-hydrogen) atoms. The third kappa shape index (κ3) is 2.24. The van der Waals surface area contributed by atoms with Crippen molar-refractivity contribution in [3.05, 3.63) is 35.9 Å². The molecule has 2 N–H and O–H groups in total. The van der Waals surface area contributed by atoms with Gasteiger partial charge in [0, 0.05) is 42.8 Å². The van der Waals surface area contributed by atoms with Crippen molar-refractivity contribution in [1.29, 1.82) is 0 Å². The molecule has 0 unspecified atom stereocenters. The molecule has 90 valence electrons. The number of hydrogen-bond acceptors (Lipinski definition) is 3. The zero-order valence-electron chi connectivity index (χ0n) is 9.98. The van der Waals surface area contributed by atoms with Gasteiger partial charge in [0.15, 0.2) is 0 Å². The summed E-state index contributed by atoms with van der Waals surface area (Å²) >= 11 is 0. The molecule has 3 rings (SSSR count). The summed E-state index contributed by atoms with van der Waals surface area (Å²) < 4.78 is 0. The number of aryl methyl sites for hydroxylation is 1. The van der Waals surface area contributed by atoms with Gasteiger partial charge in [0.2, 0.25) is 0 Å². The first kappa shape index (κ1) is 10.5. The Morgan fingerprint density at radius 3 is 3.12 bits per heavy atom. The zero-order chi connectivity index (χ0) is 11.7. The largest absolute Gasteiger partial charge is 0.347 e. The van der Waals surface area contributed by atoms with Gasteiger partial charge in [-0.2, -0.15) is 0 Å². The predicted octanol–water partition coefficient (Wildman–Crippen LogP) is 1.43. The first-order valence-corrected chi connectivity index (χ1v) is 6.02. The van der Waals surface area contributed by atoms with Crippen molar-refractivity contribution in [3.63, 3.8) is 0 Å². The lowest BCUT2D eigenvalue weighted by molar-refractivity contribution is 0.322. The second kappa shape index (κ2) is 4.33. The summed E-state index contributed by atoms with van der Waals surface area (Å²) in [5, 5.41) is 0. The Kier molecular flexibility index (Phi) is 2.68. The SMILES string of the molecule is Cc1cnc([C@H]2CCN(Cc3cnc[nH]3)C2)[nH]1. The molecule has 0 saturated carbocycles. The molecular formula is C12H17N5. The van der Waals surface area contributed by atoms with E-state index in [9.17, 15) is 0 Å². The van der Waals surface area contributed by atoms with Crippen LogP contribution in [0.5, 0.6) is 0 Å². The average molecular weight is 231 g/mol. The van der Waals surface area contributed by atoms with Crippen LogP contribution < -0.4 is 0 Å².